The van der Waals surface area contributed by atoms with E-state index in [1.807, 2.05) is 0 Å². The summed E-state index contributed by atoms with van der Waals surface area (Å²) >= 11 is 4.81. The lowest BCUT2D eigenvalue weighted by Crippen LogP contribution is -2.26. The normalized spacial score (nSPS) is 18.0. The van der Waals surface area contributed by atoms with E-state index in [4.69, 9.17) is 16.3 Å². The Morgan fingerprint density at radius 1 is 1.83 bits per heavy atom. The van der Waals surface area contributed by atoms with Crippen LogP contribution in [0, 0.1) is 0 Å². The van der Waals surface area contributed by atoms with Crippen LogP contribution in [0.3, 0.4) is 0 Å². The number of nitrogens with one attached hydrogen (secondary N) is 1. The van der Waals surface area contributed by atoms with E-state index in [0.717, 1.165) is 0 Å². The molecule has 0 saturated carbocycles. The predicted molar refractivity (Wildman–Crippen MR) is 55.7 cm³/mol. The van der Waals surface area contributed by atoms with Gasteiger partial charge in [-0.05, 0) is 0 Å². The van der Waals surface area contributed by atoms with Crippen LogP contribution in [0.1, 0.15) is 0 Å². The summed E-state index contributed by atoms with van der Waals surface area (Å²) < 4.78 is 4.76. The zero-order valence-corrected chi connectivity index (χ0v) is 9.76. The molecule has 4 nitrogen and oxygen atoms in total. The van der Waals surface area contributed by atoms with Gasteiger partial charge < -0.3 is 10.2 Å². The van der Waals surface area contributed by atoms with Gasteiger partial charge in [-0.2, -0.15) is 0 Å². The largest absolute Gasteiger partial charge is 0.396 e. The van der Waals surface area contributed by atoms with Crippen LogP contribution in [-0.2, 0) is 31.6 Å². The molecule has 0 aromatic carbocycles. The molecule has 0 aliphatic rings. The molecule has 2 unspecified atom stereocenters. The minimum atomic E-state index is -2.73. The number of carbonyl (C=O) groups is 1. The summed E-state index contributed by atoms with van der Waals surface area (Å²) in [5, 5.41) is 2.46. The molecule has 0 aliphatic carbocycles. The number of carbonyl (C=O) groups excluding carboxylic acids is 1. The minimum absolute atomic E-state index is 0.124. The van der Waals surface area contributed by atoms with Gasteiger partial charge in [-0.25, -0.2) is 0 Å². The highest BCUT2D eigenvalue weighted by Crippen LogP contribution is 2.49. The average Bonchev–Trinajstić information content (AvgIpc) is 2.04. The predicted octanol–water partition coefficient (Wildman–Crippen LogP) is -0.156. The highest BCUT2D eigenvalue weighted by molar-refractivity contribution is 8.65. The van der Waals surface area contributed by atoms with Gasteiger partial charge in [0.25, 0.3) is 5.91 Å². The van der Waals surface area contributed by atoms with Gasteiger partial charge in [0.1, 0.15) is 6.26 Å². The molecule has 0 rings (SSSR count). The second-order valence-electron chi connectivity index (χ2n) is 2.07. The highest BCUT2D eigenvalue weighted by atomic mass is 32.9. The number of hydrogen-bond acceptors (Lipinski definition) is 3. The summed E-state index contributed by atoms with van der Waals surface area (Å²) in [5.41, 5.74) is -2.73. The fourth-order valence-electron chi connectivity index (χ4n) is 0.471. The summed E-state index contributed by atoms with van der Waals surface area (Å²) in [6.07, 6.45) is 1.74. The van der Waals surface area contributed by atoms with Crippen molar-refractivity contribution < 1.29 is 14.2 Å². The fraction of sp³-hybridized carbons (Fsp3) is 0.800. The smallest absolute Gasteiger partial charge is 0.355 e. The van der Waals surface area contributed by atoms with Crippen molar-refractivity contribution in [2.24, 2.45) is 0 Å². The van der Waals surface area contributed by atoms with E-state index in [2.05, 4.69) is 5.32 Å². The van der Waals surface area contributed by atoms with E-state index in [-0.39, 0.29) is 11.7 Å². The monoisotopic (exact) mass is 230 g/mol. The van der Waals surface area contributed by atoms with Crippen LogP contribution < -0.4 is 5.32 Å². The van der Waals surface area contributed by atoms with Crippen molar-refractivity contribution in [1.29, 1.82) is 0 Å². The zero-order chi connectivity index (χ0) is 9.78. The topological polar surface area (TPSA) is 58.6 Å². The molecule has 2 N–H and O–H groups in total. The number of amides is 1. The Morgan fingerprint density at radius 2 is 2.33 bits per heavy atom. The molecule has 0 aromatic rings. The first kappa shape index (κ1) is 12.4. The minimum Gasteiger partial charge on any atom is -0.355 e. The Balaban J connectivity index is 4.12. The Bertz CT molecular complexity index is 211. The molecule has 12 heavy (non-hydrogen) atoms. The van der Waals surface area contributed by atoms with Crippen LogP contribution in [0.25, 0.3) is 0 Å². The van der Waals surface area contributed by atoms with Gasteiger partial charge in [0.2, 0.25) is 0 Å². The summed E-state index contributed by atoms with van der Waals surface area (Å²) in [6.45, 7) is 0. The third-order valence-corrected chi connectivity index (χ3v) is 9.11. The first-order valence-electron chi connectivity index (χ1n) is 3.16. The van der Waals surface area contributed by atoms with Crippen LogP contribution in [0.4, 0.5) is 0 Å². The lowest BCUT2D eigenvalue weighted by molar-refractivity contribution is -0.118. The molecular weight excluding hydrogens is 217 g/mol. The Kier molecular flexibility index (Phi) is 5.36. The van der Waals surface area contributed by atoms with Crippen molar-refractivity contribution in [2.45, 2.75) is 0 Å². The van der Waals surface area contributed by atoms with Crippen molar-refractivity contribution in [3.63, 3.8) is 0 Å². The summed E-state index contributed by atoms with van der Waals surface area (Å²) in [7, 11) is 2.35. The third kappa shape index (κ3) is 3.87. The van der Waals surface area contributed by atoms with Crippen molar-refractivity contribution in [3.8, 4) is 0 Å². The van der Waals surface area contributed by atoms with Crippen LogP contribution in [0.5, 0.6) is 0 Å². The van der Waals surface area contributed by atoms with Gasteiger partial charge >= 0.3 is 5.69 Å². The maximum Gasteiger partial charge on any atom is 0.396 e. The van der Waals surface area contributed by atoms with E-state index >= 15 is 0 Å². The molecule has 0 spiro atoms. The molecule has 0 fully saturated rings. The van der Waals surface area contributed by atoms with Gasteiger partial charge in [0.15, 0.2) is 5.75 Å². The summed E-state index contributed by atoms with van der Waals surface area (Å²) in [5.74, 6) is 0.110. The van der Waals surface area contributed by atoms with Crippen LogP contribution in [-0.4, -0.2) is 37.0 Å². The second kappa shape index (κ2) is 5.19. The number of hydrogen-bond donors (Lipinski definition) is 2. The summed E-state index contributed by atoms with van der Waals surface area (Å²) in [4.78, 5) is 20.4. The highest BCUT2D eigenvalue weighted by Gasteiger charge is 2.34. The first-order valence-corrected chi connectivity index (χ1v) is 8.24. The molecule has 72 valence electrons. The average molecular weight is 230 g/mol. The molecule has 7 heteroatoms. The van der Waals surface area contributed by atoms with E-state index in [9.17, 15) is 9.69 Å². The molecule has 1 amide bonds. The second-order valence-corrected chi connectivity index (χ2v) is 10.4. The molecule has 0 heterocycles. The molecule has 2 atom stereocenters. The third-order valence-electron chi connectivity index (χ3n) is 1.24. The summed E-state index contributed by atoms with van der Waals surface area (Å²) in [6, 6.07) is 0. The van der Waals surface area contributed by atoms with Crippen molar-refractivity contribution in [3.05, 3.63) is 0 Å². The van der Waals surface area contributed by atoms with E-state index in [1.165, 1.54) is 7.11 Å². The van der Waals surface area contributed by atoms with E-state index in [0.29, 0.717) is 0 Å². The van der Waals surface area contributed by atoms with Crippen LogP contribution in [0.15, 0.2) is 0 Å². The Morgan fingerprint density at radius 3 is 2.67 bits per heavy atom. The molecule has 0 radical (unpaired) electrons. The van der Waals surface area contributed by atoms with Crippen LogP contribution in [0.2, 0.25) is 0 Å². The first-order chi connectivity index (χ1) is 5.44. The van der Waals surface area contributed by atoms with Gasteiger partial charge in [-0.3, -0.25) is 9.32 Å². The van der Waals surface area contributed by atoms with Gasteiger partial charge in [0, 0.05) is 26.0 Å². The van der Waals surface area contributed by atoms with Gasteiger partial charge in [0.05, 0.1) is 10.5 Å². The van der Waals surface area contributed by atoms with Crippen molar-refractivity contribution in [2.75, 3.05) is 26.2 Å². The standard InChI is InChI=1S/C5H12NO3PS2/c1-6-5(7)4-12(3)10(8,11)9-2/h4H2,1-3H3,(H-,6,7,8,11)/p+1. The zero-order valence-electron chi connectivity index (χ0n) is 7.23. The van der Waals surface area contributed by atoms with E-state index < -0.39 is 16.2 Å². The van der Waals surface area contributed by atoms with E-state index in [1.54, 1.807) is 13.3 Å². The van der Waals surface area contributed by atoms with Gasteiger partial charge in [-0.15, -0.1) is 0 Å². The number of rotatable bonds is 4. The molecule has 0 bridgehead atoms. The Hall–Kier alpha value is 0.390. The molecule has 0 aliphatic heterocycles. The quantitative estimate of drug-likeness (QED) is 0.520. The van der Waals surface area contributed by atoms with Gasteiger partial charge in [-0.1, -0.05) is 0 Å². The maximum atomic E-state index is 10.9. The SMILES string of the molecule is CNC(=O)C[S+](C)P(O)(=S)OC. The molecule has 0 saturated heterocycles. The lowest BCUT2D eigenvalue weighted by Gasteiger charge is -2.10. The fourth-order valence-corrected chi connectivity index (χ4v) is 3.49. The molecular formula is C5H13NO3PS2+. The molecule has 0 aromatic heterocycles. The van der Waals surface area contributed by atoms with Crippen LogP contribution >= 0.6 is 5.69 Å². The lowest BCUT2D eigenvalue weighted by atomic mass is 10.7. The van der Waals surface area contributed by atoms with Crippen molar-refractivity contribution in [1.82, 2.24) is 5.32 Å². The van der Waals surface area contributed by atoms with Crippen molar-refractivity contribution >= 4 is 33.9 Å². The maximum absolute atomic E-state index is 10.9. The Labute approximate surface area is 80.0 Å².